The summed E-state index contributed by atoms with van der Waals surface area (Å²) in [7, 11) is -3.82. The molecule has 0 aromatic heterocycles. The van der Waals surface area contributed by atoms with Gasteiger partial charge in [-0.05, 0) is 53.1 Å². The predicted molar refractivity (Wildman–Crippen MR) is 141 cm³/mol. The highest BCUT2D eigenvalue weighted by molar-refractivity contribution is 7.92. The first kappa shape index (κ1) is 22.3. The Morgan fingerprint density at radius 3 is 2.61 bits per heavy atom. The summed E-state index contributed by atoms with van der Waals surface area (Å²) in [5.74, 6) is 0.140. The molecule has 8 heteroatoms. The zero-order chi connectivity index (χ0) is 24.9. The van der Waals surface area contributed by atoms with Crippen molar-refractivity contribution in [2.45, 2.75) is 23.3 Å². The van der Waals surface area contributed by atoms with Crippen LogP contribution in [0.2, 0.25) is 0 Å². The predicted octanol–water partition coefficient (Wildman–Crippen LogP) is 6.38. The maximum Gasteiger partial charge on any atom is 0.269 e. The summed E-state index contributed by atoms with van der Waals surface area (Å²) in [4.78, 5) is 11.1. The van der Waals surface area contributed by atoms with E-state index in [4.69, 9.17) is 0 Å². The summed E-state index contributed by atoms with van der Waals surface area (Å²) in [6, 6.07) is 24.9. The van der Waals surface area contributed by atoms with Gasteiger partial charge in [0.25, 0.3) is 15.7 Å². The molecule has 36 heavy (non-hydrogen) atoms. The number of non-ortho nitro benzene ring substituents is 1. The second-order valence-corrected chi connectivity index (χ2v) is 10.9. The van der Waals surface area contributed by atoms with Crippen molar-refractivity contribution in [1.29, 1.82) is 0 Å². The number of benzene rings is 4. The number of nitro benzene ring substituents is 1. The van der Waals surface area contributed by atoms with E-state index in [2.05, 4.69) is 22.2 Å². The first-order valence-corrected chi connectivity index (χ1v) is 13.2. The van der Waals surface area contributed by atoms with E-state index < -0.39 is 10.0 Å². The molecule has 180 valence electrons. The van der Waals surface area contributed by atoms with Crippen LogP contribution in [0.1, 0.15) is 29.5 Å². The number of allylic oxidation sites excluding steroid dienone is 2. The van der Waals surface area contributed by atoms with E-state index in [1.165, 1.54) is 6.07 Å². The number of anilines is 2. The van der Waals surface area contributed by atoms with E-state index in [-0.39, 0.29) is 33.4 Å². The average Bonchev–Trinajstić information content (AvgIpc) is 3.38. The lowest BCUT2D eigenvalue weighted by Crippen LogP contribution is -2.29. The van der Waals surface area contributed by atoms with Crippen LogP contribution >= 0.6 is 0 Å². The number of hydrogen-bond donors (Lipinski definition) is 2. The monoisotopic (exact) mass is 497 g/mol. The third kappa shape index (κ3) is 3.79. The van der Waals surface area contributed by atoms with Gasteiger partial charge in [-0.1, -0.05) is 60.7 Å². The summed E-state index contributed by atoms with van der Waals surface area (Å²) in [6.07, 6.45) is 5.02. The fourth-order valence-electron chi connectivity index (χ4n) is 5.42. The molecule has 0 fully saturated rings. The van der Waals surface area contributed by atoms with Gasteiger partial charge in [0.2, 0.25) is 0 Å². The van der Waals surface area contributed by atoms with Gasteiger partial charge in [0.05, 0.1) is 21.5 Å². The van der Waals surface area contributed by atoms with Gasteiger partial charge in [0.15, 0.2) is 0 Å². The third-order valence-corrected chi connectivity index (χ3v) is 8.48. The summed E-state index contributed by atoms with van der Waals surface area (Å²) < 4.78 is 29.6. The van der Waals surface area contributed by atoms with Crippen molar-refractivity contribution < 1.29 is 13.3 Å². The van der Waals surface area contributed by atoms with Crippen molar-refractivity contribution in [2.75, 3.05) is 10.0 Å². The van der Waals surface area contributed by atoms with Crippen LogP contribution in [0.5, 0.6) is 0 Å². The van der Waals surface area contributed by atoms with Gasteiger partial charge in [-0.25, -0.2) is 8.42 Å². The first-order valence-electron chi connectivity index (χ1n) is 11.7. The molecule has 0 saturated carbocycles. The van der Waals surface area contributed by atoms with Gasteiger partial charge in [-0.2, -0.15) is 0 Å². The number of fused-ring (bicyclic) bond motifs is 4. The Morgan fingerprint density at radius 1 is 0.944 bits per heavy atom. The van der Waals surface area contributed by atoms with Crippen LogP contribution in [-0.4, -0.2) is 13.3 Å². The minimum absolute atomic E-state index is 0.0122. The Labute approximate surface area is 208 Å². The smallest absolute Gasteiger partial charge is 0.269 e. The Hall–Kier alpha value is -4.17. The Balaban J connectivity index is 1.35. The van der Waals surface area contributed by atoms with Crippen LogP contribution in [0.3, 0.4) is 0 Å². The van der Waals surface area contributed by atoms with E-state index in [0.29, 0.717) is 5.69 Å². The molecule has 2 aliphatic rings. The van der Waals surface area contributed by atoms with Crippen molar-refractivity contribution in [3.05, 3.63) is 118 Å². The van der Waals surface area contributed by atoms with Gasteiger partial charge in [0, 0.05) is 29.1 Å². The van der Waals surface area contributed by atoms with E-state index in [1.807, 2.05) is 42.5 Å². The number of nitrogens with zero attached hydrogens (tertiary/aromatic N) is 1. The number of sulfonamides is 1. The maximum absolute atomic E-state index is 13.4. The first-order chi connectivity index (χ1) is 17.4. The minimum Gasteiger partial charge on any atom is -0.378 e. The molecule has 0 bridgehead atoms. The molecule has 1 aliphatic heterocycles. The van der Waals surface area contributed by atoms with E-state index in [0.717, 1.165) is 34.0 Å². The lowest BCUT2D eigenvalue weighted by molar-refractivity contribution is -0.384. The van der Waals surface area contributed by atoms with Gasteiger partial charge in [-0.3, -0.25) is 14.8 Å². The Morgan fingerprint density at radius 2 is 1.75 bits per heavy atom. The zero-order valence-corrected chi connectivity index (χ0v) is 20.0. The minimum atomic E-state index is -3.82. The molecule has 0 amide bonds. The van der Waals surface area contributed by atoms with Crippen LogP contribution in [0, 0.1) is 16.0 Å². The van der Waals surface area contributed by atoms with Crippen LogP contribution in [0.15, 0.2) is 102 Å². The van der Waals surface area contributed by atoms with Gasteiger partial charge in [-0.15, -0.1) is 0 Å². The van der Waals surface area contributed by atoms with Crippen LogP contribution in [0.4, 0.5) is 17.1 Å². The third-order valence-electron chi connectivity index (χ3n) is 7.12. The van der Waals surface area contributed by atoms with Crippen LogP contribution in [-0.2, 0) is 10.0 Å². The fourth-order valence-corrected chi connectivity index (χ4v) is 6.53. The number of nitro groups is 1. The molecule has 7 nitrogen and oxygen atoms in total. The van der Waals surface area contributed by atoms with Crippen LogP contribution in [0.25, 0.3) is 10.8 Å². The summed E-state index contributed by atoms with van der Waals surface area (Å²) in [5, 5.41) is 16.6. The number of nitrogens with one attached hydrogen (secondary N) is 2. The summed E-state index contributed by atoms with van der Waals surface area (Å²) in [5.41, 5.74) is 3.19. The second-order valence-electron chi connectivity index (χ2n) is 9.21. The highest BCUT2D eigenvalue weighted by atomic mass is 32.2. The van der Waals surface area contributed by atoms with E-state index in [9.17, 15) is 18.5 Å². The molecule has 1 heterocycles. The maximum atomic E-state index is 13.4. The molecule has 0 radical (unpaired) electrons. The van der Waals surface area contributed by atoms with Gasteiger partial charge in [0.1, 0.15) is 0 Å². The van der Waals surface area contributed by atoms with Gasteiger partial charge < -0.3 is 5.32 Å². The topological polar surface area (TPSA) is 101 Å². The molecule has 6 rings (SSSR count). The molecular weight excluding hydrogens is 474 g/mol. The average molecular weight is 498 g/mol. The standard InChI is InChI=1S/C28H23N3O4S/c32-31(33)20-9-3-8-19(16-20)28-24-12-5-11-23(24)25-17-21(14-15-26(25)29-28)36(34,35)30-27-13-4-7-18-6-1-2-10-22(18)27/h1-11,13-17,23-24,28-30H,12H2/t23-,24+,28+/m0/s1. The van der Waals surface area contributed by atoms with Gasteiger partial charge >= 0.3 is 0 Å². The lowest BCUT2D eigenvalue weighted by atomic mass is 9.77. The largest absolute Gasteiger partial charge is 0.378 e. The van der Waals surface area contributed by atoms with Crippen molar-refractivity contribution in [3.8, 4) is 0 Å². The Bertz CT molecular complexity index is 1640. The molecule has 0 spiro atoms. The van der Waals surface area contributed by atoms with Crippen LogP contribution < -0.4 is 10.0 Å². The SMILES string of the molecule is O=[N+]([O-])c1cccc([C@H]2Nc3ccc(S(=O)(=O)Nc4cccc5ccccc45)cc3[C@H]3C=CC[C@H]32)c1. The normalized spacial score (nSPS) is 20.4. The van der Waals surface area contributed by atoms with Crippen molar-refractivity contribution in [1.82, 2.24) is 0 Å². The molecule has 0 saturated heterocycles. The quantitative estimate of drug-likeness (QED) is 0.189. The Kier molecular flexibility index (Phi) is 5.26. The van der Waals surface area contributed by atoms with E-state index >= 15 is 0 Å². The highest BCUT2D eigenvalue weighted by Crippen LogP contribution is 2.50. The lowest BCUT2D eigenvalue weighted by Gasteiger charge is -2.37. The van der Waals surface area contributed by atoms with E-state index in [1.54, 1.807) is 36.4 Å². The zero-order valence-electron chi connectivity index (χ0n) is 19.2. The molecule has 3 atom stereocenters. The summed E-state index contributed by atoms with van der Waals surface area (Å²) in [6.45, 7) is 0. The molecule has 4 aromatic rings. The summed E-state index contributed by atoms with van der Waals surface area (Å²) >= 11 is 0. The number of hydrogen-bond acceptors (Lipinski definition) is 5. The van der Waals surface area contributed by atoms with Crippen molar-refractivity contribution >= 4 is 37.9 Å². The molecular formula is C28H23N3O4S. The number of rotatable bonds is 5. The van der Waals surface area contributed by atoms with Crippen molar-refractivity contribution in [2.24, 2.45) is 5.92 Å². The second kappa shape index (κ2) is 8.49. The molecule has 1 aliphatic carbocycles. The highest BCUT2D eigenvalue weighted by Gasteiger charge is 2.38. The molecule has 0 unspecified atom stereocenters. The molecule has 2 N–H and O–H groups in total. The fraction of sp³-hybridized carbons (Fsp3) is 0.143. The van der Waals surface area contributed by atoms with Crippen molar-refractivity contribution in [3.63, 3.8) is 0 Å². The molecule has 4 aromatic carbocycles.